The summed E-state index contributed by atoms with van der Waals surface area (Å²) >= 11 is 0. The van der Waals surface area contributed by atoms with Crippen molar-refractivity contribution in [2.45, 2.75) is 11.8 Å². The predicted molar refractivity (Wildman–Crippen MR) is 185 cm³/mol. The first-order chi connectivity index (χ1) is 21.8. The van der Waals surface area contributed by atoms with Crippen LogP contribution < -0.4 is 0 Å². The van der Waals surface area contributed by atoms with Gasteiger partial charge in [-0.2, -0.15) is 0 Å². The van der Waals surface area contributed by atoms with Crippen molar-refractivity contribution in [1.29, 1.82) is 0 Å². The standard InChI is InChI=1S/C44H28/c1-2-15-32-30(13-1)31-14-3-4-16-33(31)39-27-28(24-25-34(32)39)26-29-12-11-20-38-37-19-7-10-23-42(37)44(43(29)38)40-21-8-5-17-35(40)36-18-6-9-22-41(36)44/h1-25,27H,26H2. The average Bonchev–Trinajstić information content (AvgIpc) is 3.56. The highest BCUT2D eigenvalue weighted by atomic mass is 14.5. The van der Waals surface area contributed by atoms with Gasteiger partial charge in [0.1, 0.15) is 0 Å². The van der Waals surface area contributed by atoms with E-state index in [0.29, 0.717) is 0 Å². The molecule has 8 aromatic rings. The molecule has 0 saturated heterocycles. The average molecular weight is 557 g/mol. The van der Waals surface area contributed by atoms with Crippen LogP contribution >= 0.6 is 0 Å². The van der Waals surface area contributed by atoms with Crippen molar-refractivity contribution >= 4 is 32.3 Å². The molecule has 0 atom stereocenters. The lowest BCUT2D eigenvalue weighted by Crippen LogP contribution is -2.27. The van der Waals surface area contributed by atoms with Gasteiger partial charge in [0.05, 0.1) is 5.41 Å². The predicted octanol–water partition coefficient (Wildman–Crippen LogP) is 11.1. The van der Waals surface area contributed by atoms with Crippen molar-refractivity contribution in [1.82, 2.24) is 0 Å². The smallest absolute Gasteiger partial charge is 0.0619 e. The highest BCUT2D eigenvalue weighted by molar-refractivity contribution is 6.25. The van der Waals surface area contributed by atoms with Crippen molar-refractivity contribution < 1.29 is 0 Å². The third-order valence-corrected chi connectivity index (χ3v) is 10.3. The normalized spacial score (nSPS) is 13.7. The number of fused-ring (bicyclic) bond motifs is 16. The van der Waals surface area contributed by atoms with E-state index in [9.17, 15) is 0 Å². The molecule has 0 aromatic heterocycles. The van der Waals surface area contributed by atoms with E-state index in [-0.39, 0.29) is 5.41 Å². The zero-order valence-corrected chi connectivity index (χ0v) is 24.2. The van der Waals surface area contributed by atoms with Gasteiger partial charge in [-0.15, -0.1) is 0 Å². The molecular formula is C44H28. The lowest BCUT2D eigenvalue weighted by Gasteiger charge is -2.32. The summed E-state index contributed by atoms with van der Waals surface area (Å²) in [4.78, 5) is 0. The van der Waals surface area contributed by atoms with Gasteiger partial charge in [-0.05, 0) is 94.4 Å². The monoisotopic (exact) mass is 556 g/mol. The summed E-state index contributed by atoms with van der Waals surface area (Å²) in [6.07, 6.45) is 0.875. The Hall–Kier alpha value is -5.46. The lowest BCUT2D eigenvalue weighted by molar-refractivity contribution is 0.781. The Morgan fingerprint density at radius 3 is 1.34 bits per heavy atom. The van der Waals surface area contributed by atoms with Gasteiger partial charge in [-0.25, -0.2) is 0 Å². The summed E-state index contributed by atoms with van der Waals surface area (Å²) < 4.78 is 0. The topological polar surface area (TPSA) is 0 Å². The second-order valence-electron chi connectivity index (χ2n) is 12.4. The van der Waals surface area contributed by atoms with Crippen molar-refractivity contribution in [2.24, 2.45) is 0 Å². The van der Waals surface area contributed by atoms with Crippen molar-refractivity contribution in [3.8, 4) is 22.3 Å². The summed E-state index contributed by atoms with van der Waals surface area (Å²) in [6, 6.07) is 59.1. The minimum atomic E-state index is -0.324. The minimum absolute atomic E-state index is 0.324. The van der Waals surface area contributed by atoms with Crippen molar-refractivity contribution in [3.05, 3.63) is 191 Å². The summed E-state index contributed by atoms with van der Waals surface area (Å²) in [6.45, 7) is 0. The number of rotatable bonds is 2. The maximum Gasteiger partial charge on any atom is 0.0728 e. The first-order valence-corrected chi connectivity index (χ1v) is 15.6. The molecule has 0 heteroatoms. The first-order valence-electron chi connectivity index (χ1n) is 15.6. The Bertz CT molecular complexity index is 2380. The fraction of sp³-hybridized carbons (Fsp3) is 0.0455. The minimum Gasteiger partial charge on any atom is -0.0619 e. The van der Waals surface area contributed by atoms with Crippen LogP contribution in [0.5, 0.6) is 0 Å². The van der Waals surface area contributed by atoms with E-state index >= 15 is 0 Å². The summed E-state index contributed by atoms with van der Waals surface area (Å²) in [5.41, 5.74) is 13.5. The third kappa shape index (κ3) is 2.98. The molecule has 0 amide bonds. The van der Waals surface area contributed by atoms with E-state index in [1.807, 2.05) is 0 Å². The Morgan fingerprint density at radius 1 is 0.341 bits per heavy atom. The third-order valence-electron chi connectivity index (χ3n) is 10.3. The van der Waals surface area contributed by atoms with Gasteiger partial charge in [0.25, 0.3) is 0 Å². The zero-order chi connectivity index (χ0) is 28.8. The van der Waals surface area contributed by atoms with Crippen LogP contribution in [0.15, 0.2) is 158 Å². The molecule has 0 nitrogen and oxygen atoms in total. The van der Waals surface area contributed by atoms with E-state index in [2.05, 4.69) is 158 Å². The Balaban J connectivity index is 1.24. The van der Waals surface area contributed by atoms with Crippen LogP contribution in [0.25, 0.3) is 54.6 Å². The van der Waals surface area contributed by atoms with Crippen LogP contribution in [0, 0.1) is 0 Å². The molecule has 0 radical (unpaired) electrons. The molecule has 0 unspecified atom stereocenters. The summed E-state index contributed by atoms with van der Waals surface area (Å²) in [5.74, 6) is 0. The van der Waals surface area contributed by atoms with Gasteiger partial charge in [0, 0.05) is 0 Å². The first kappa shape index (κ1) is 24.0. The second kappa shape index (κ2) is 8.78. The van der Waals surface area contributed by atoms with Crippen LogP contribution in [0.2, 0.25) is 0 Å². The molecule has 2 aliphatic rings. The van der Waals surface area contributed by atoms with Crippen LogP contribution in [0.3, 0.4) is 0 Å². The molecule has 204 valence electrons. The maximum atomic E-state index is 2.45. The molecule has 0 heterocycles. The van der Waals surface area contributed by atoms with Gasteiger partial charge in [0.15, 0.2) is 0 Å². The molecule has 0 aliphatic heterocycles. The fourth-order valence-corrected chi connectivity index (χ4v) is 8.67. The molecule has 2 aliphatic carbocycles. The van der Waals surface area contributed by atoms with E-state index < -0.39 is 0 Å². The summed E-state index contributed by atoms with van der Waals surface area (Å²) in [7, 11) is 0. The van der Waals surface area contributed by atoms with E-state index in [0.717, 1.165) is 6.42 Å². The second-order valence-corrected chi connectivity index (χ2v) is 12.4. The molecule has 8 aromatic carbocycles. The number of hydrogen-bond donors (Lipinski definition) is 0. The molecule has 0 fully saturated rings. The molecule has 0 bridgehead atoms. The zero-order valence-electron chi connectivity index (χ0n) is 24.2. The van der Waals surface area contributed by atoms with Gasteiger partial charge in [-0.3, -0.25) is 0 Å². The number of hydrogen-bond acceptors (Lipinski definition) is 0. The Kier molecular flexibility index (Phi) is 4.80. The quantitative estimate of drug-likeness (QED) is 0.186. The summed E-state index contributed by atoms with van der Waals surface area (Å²) in [5, 5.41) is 7.94. The van der Waals surface area contributed by atoms with Crippen LogP contribution in [0.1, 0.15) is 33.4 Å². The van der Waals surface area contributed by atoms with E-state index in [1.165, 1.54) is 88.0 Å². The number of benzene rings is 8. The van der Waals surface area contributed by atoms with Crippen molar-refractivity contribution in [3.63, 3.8) is 0 Å². The van der Waals surface area contributed by atoms with Crippen LogP contribution in [-0.2, 0) is 11.8 Å². The van der Waals surface area contributed by atoms with Gasteiger partial charge in [0.2, 0.25) is 0 Å². The molecule has 0 N–H and O–H groups in total. The molecule has 44 heavy (non-hydrogen) atoms. The highest BCUT2D eigenvalue weighted by Gasteiger charge is 2.52. The largest absolute Gasteiger partial charge is 0.0728 e. The molecular weight excluding hydrogens is 528 g/mol. The van der Waals surface area contributed by atoms with E-state index in [1.54, 1.807) is 0 Å². The Morgan fingerprint density at radius 2 is 0.773 bits per heavy atom. The molecule has 1 spiro atoms. The SMILES string of the molecule is c1ccc2c(c1)-c1ccccc1C21c2ccccc2-c2cccc(Cc3ccc4c5ccccc5c5ccccc5c4c3)c21. The van der Waals surface area contributed by atoms with Crippen LogP contribution in [0.4, 0.5) is 0 Å². The van der Waals surface area contributed by atoms with E-state index in [4.69, 9.17) is 0 Å². The Labute approximate surface area is 256 Å². The van der Waals surface area contributed by atoms with Gasteiger partial charge < -0.3 is 0 Å². The van der Waals surface area contributed by atoms with Crippen molar-refractivity contribution in [2.75, 3.05) is 0 Å². The highest BCUT2D eigenvalue weighted by Crippen LogP contribution is 2.63. The lowest BCUT2D eigenvalue weighted by atomic mass is 9.69. The fourth-order valence-electron chi connectivity index (χ4n) is 8.67. The molecule has 0 saturated carbocycles. The maximum absolute atomic E-state index is 2.45. The van der Waals surface area contributed by atoms with Crippen LogP contribution in [-0.4, -0.2) is 0 Å². The molecule has 10 rings (SSSR count). The van der Waals surface area contributed by atoms with Gasteiger partial charge >= 0.3 is 0 Å². The van der Waals surface area contributed by atoms with Gasteiger partial charge in [-0.1, -0.05) is 158 Å².